The number of carbonyl (C=O) groups excluding carboxylic acids is 1. The van der Waals surface area contributed by atoms with E-state index in [1.807, 2.05) is 6.92 Å². The standard InChI is InChI=1S/C13H18N2O5S/c1-2-3-4-15-13(16)10-7-9(21(14,17)18)8-11-12(10)20-6-5-19-11/h7-8H,2-6H2,1H3,(H,15,16)(H2,14,17,18). The molecular formula is C13H18N2O5S. The van der Waals surface area contributed by atoms with Crippen LogP contribution < -0.4 is 19.9 Å². The minimum atomic E-state index is -3.93. The van der Waals surface area contributed by atoms with E-state index in [-0.39, 0.29) is 28.6 Å². The number of hydrogen-bond acceptors (Lipinski definition) is 5. The van der Waals surface area contributed by atoms with Gasteiger partial charge in [0.15, 0.2) is 11.5 Å². The van der Waals surface area contributed by atoms with Crippen LogP contribution in [0.5, 0.6) is 11.5 Å². The Bertz CT molecular complexity index is 642. The zero-order chi connectivity index (χ0) is 15.5. The predicted octanol–water partition coefficient (Wildman–Crippen LogP) is 0.635. The molecule has 1 aliphatic rings. The van der Waals surface area contributed by atoms with Crippen LogP contribution in [-0.4, -0.2) is 34.1 Å². The number of unbranched alkanes of at least 4 members (excludes halogenated alkanes) is 1. The summed E-state index contributed by atoms with van der Waals surface area (Å²) in [5, 5.41) is 7.84. The highest BCUT2D eigenvalue weighted by molar-refractivity contribution is 7.89. The van der Waals surface area contributed by atoms with Crippen molar-refractivity contribution >= 4 is 15.9 Å². The molecule has 7 nitrogen and oxygen atoms in total. The highest BCUT2D eigenvalue weighted by Crippen LogP contribution is 2.36. The molecule has 0 aliphatic carbocycles. The van der Waals surface area contributed by atoms with Gasteiger partial charge in [-0.2, -0.15) is 0 Å². The molecule has 1 heterocycles. The molecule has 0 radical (unpaired) electrons. The van der Waals surface area contributed by atoms with Crippen LogP contribution in [-0.2, 0) is 10.0 Å². The zero-order valence-corrected chi connectivity index (χ0v) is 12.5. The van der Waals surface area contributed by atoms with Crippen molar-refractivity contribution in [3.05, 3.63) is 17.7 Å². The third-order valence-corrected chi connectivity index (χ3v) is 3.90. The molecule has 1 aromatic rings. The van der Waals surface area contributed by atoms with E-state index in [2.05, 4.69) is 5.32 Å². The fourth-order valence-electron chi connectivity index (χ4n) is 1.94. The van der Waals surface area contributed by atoms with Gasteiger partial charge in [-0.05, 0) is 12.5 Å². The Balaban J connectivity index is 2.40. The first-order chi connectivity index (χ1) is 9.93. The summed E-state index contributed by atoms with van der Waals surface area (Å²) in [5.41, 5.74) is 0.118. The van der Waals surface area contributed by atoms with E-state index in [0.29, 0.717) is 13.2 Å². The number of ether oxygens (including phenoxy) is 2. The van der Waals surface area contributed by atoms with Gasteiger partial charge in [0, 0.05) is 12.6 Å². The van der Waals surface area contributed by atoms with Gasteiger partial charge >= 0.3 is 0 Å². The molecule has 0 unspecified atom stereocenters. The summed E-state index contributed by atoms with van der Waals surface area (Å²) in [4.78, 5) is 12.0. The molecule has 8 heteroatoms. The van der Waals surface area contributed by atoms with Gasteiger partial charge in [0.25, 0.3) is 5.91 Å². The van der Waals surface area contributed by atoms with Gasteiger partial charge in [-0.15, -0.1) is 0 Å². The van der Waals surface area contributed by atoms with Crippen molar-refractivity contribution in [2.45, 2.75) is 24.7 Å². The van der Waals surface area contributed by atoms with Crippen LogP contribution in [0.1, 0.15) is 30.1 Å². The van der Waals surface area contributed by atoms with Gasteiger partial charge in [0.05, 0.1) is 10.5 Å². The topological polar surface area (TPSA) is 108 Å². The van der Waals surface area contributed by atoms with Crippen LogP contribution in [0, 0.1) is 0 Å². The maximum absolute atomic E-state index is 12.2. The number of benzene rings is 1. The summed E-state index contributed by atoms with van der Waals surface area (Å²) in [7, 11) is -3.93. The van der Waals surface area contributed by atoms with Crippen LogP contribution in [0.4, 0.5) is 0 Å². The summed E-state index contributed by atoms with van der Waals surface area (Å²) in [6.07, 6.45) is 1.77. The SMILES string of the molecule is CCCCNC(=O)c1cc(S(N)(=O)=O)cc2c1OCCO2. The van der Waals surface area contributed by atoms with E-state index >= 15 is 0 Å². The molecule has 3 N–H and O–H groups in total. The van der Waals surface area contributed by atoms with E-state index in [0.717, 1.165) is 12.8 Å². The van der Waals surface area contributed by atoms with Gasteiger partial charge in [-0.25, -0.2) is 13.6 Å². The van der Waals surface area contributed by atoms with Crippen LogP contribution in [0.3, 0.4) is 0 Å². The second kappa shape index (κ2) is 6.31. The predicted molar refractivity (Wildman–Crippen MR) is 76.0 cm³/mol. The molecule has 0 spiro atoms. The molecule has 21 heavy (non-hydrogen) atoms. The molecule has 1 aromatic carbocycles. The van der Waals surface area contributed by atoms with Crippen molar-refractivity contribution in [1.29, 1.82) is 0 Å². The molecule has 0 bridgehead atoms. The number of carbonyl (C=O) groups is 1. The number of rotatable bonds is 5. The van der Waals surface area contributed by atoms with Crippen molar-refractivity contribution in [2.75, 3.05) is 19.8 Å². The number of amides is 1. The molecule has 0 fully saturated rings. The monoisotopic (exact) mass is 314 g/mol. The lowest BCUT2D eigenvalue weighted by molar-refractivity contribution is 0.0941. The third-order valence-electron chi connectivity index (χ3n) is 3.00. The number of nitrogens with one attached hydrogen (secondary N) is 1. The zero-order valence-electron chi connectivity index (χ0n) is 11.7. The lowest BCUT2D eigenvalue weighted by Gasteiger charge is -2.21. The summed E-state index contributed by atoms with van der Waals surface area (Å²) >= 11 is 0. The Morgan fingerprint density at radius 1 is 1.33 bits per heavy atom. The molecule has 0 saturated heterocycles. The van der Waals surface area contributed by atoms with Crippen molar-refractivity contribution < 1.29 is 22.7 Å². The van der Waals surface area contributed by atoms with E-state index in [4.69, 9.17) is 14.6 Å². The van der Waals surface area contributed by atoms with Crippen molar-refractivity contribution in [3.63, 3.8) is 0 Å². The molecule has 0 atom stereocenters. The molecular weight excluding hydrogens is 296 g/mol. The Morgan fingerprint density at radius 3 is 2.71 bits per heavy atom. The van der Waals surface area contributed by atoms with Gasteiger partial charge in [0.1, 0.15) is 13.2 Å². The summed E-state index contributed by atoms with van der Waals surface area (Å²) in [6.45, 7) is 3.10. The van der Waals surface area contributed by atoms with Crippen LogP contribution in [0.25, 0.3) is 0 Å². The largest absolute Gasteiger partial charge is 0.486 e. The second-order valence-electron chi connectivity index (χ2n) is 4.65. The first-order valence-electron chi connectivity index (χ1n) is 6.68. The van der Waals surface area contributed by atoms with Gasteiger partial charge in [-0.3, -0.25) is 4.79 Å². The minimum absolute atomic E-state index is 0.118. The molecule has 0 saturated carbocycles. The first kappa shape index (κ1) is 15.6. The number of primary sulfonamides is 1. The van der Waals surface area contributed by atoms with E-state index in [1.54, 1.807) is 0 Å². The quantitative estimate of drug-likeness (QED) is 0.775. The van der Waals surface area contributed by atoms with Crippen molar-refractivity contribution in [2.24, 2.45) is 5.14 Å². The number of nitrogens with two attached hydrogens (primary N) is 1. The van der Waals surface area contributed by atoms with Crippen molar-refractivity contribution in [3.8, 4) is 11.5 Å². The van der Waals surface area contributed by atoms with Crippen LogP contribution >= 0.6 is 0 Å². The second-order valence-corrected chi connectivity index (χ2v) is 6.21. The third kappa shape index (κ3) is 3.64. The fraction of sp³-hybridized carbons (Fsp3) is 0.462. The number of sulfonamides is 1. The van der Waals surface area contributed by atoms with E-state index < -0.39 is 15.9 Å². The number of hydrogen-bond donors (Lipinski definition) is 2. The lowest BCUT2D eigenvalue weighted by Crippen LogP contribution is -2.27. The highest BCUT2D eigenvalue weighted by Gasteiger charge is 2.24. The van der Waals surface area contributed by atoms with Gasteiger partial charge in [-0.1, -0.05) is 13.3 Å². The molecule has 0 aromatic heterocycles. The Hall–Kier alpha value is -1.80. The number of fused-ring (bicyclic) bond motifs is 1. The first-order valence-corrected chi connectivity index (χ1v) is 8.22. The lowest BCUT2D eigenvalue weighted by atomic mass is 10.1. The van der Waals surface area contributed by atoms with Crippen LogP contribution in [0.15, 0.2) is 17.0 Å². The Kier molecular flexibility index (Phi) is 4.69. The molecule has 1 aliphatic heterocycles. The summed E-state index contributed by atoms with van der Waals surface area (Å²) in [6, 6.07) is 2.48. The van der Waals surface area contributed by atoms with Gasteiger partial charge in [0.2, 0.25) is 10.0 Å². The van der Waals surface area contributed by atoms with Crippen LogP contribution in [0.2, 0.25) is 0 Å². The molecule has 2 rings (SSSR count). The van der Waals surface area contributed by atoms with E-state index in [1.165, 1.54) is 12.1 Å². The normalized spacial score (nSPS) is 13.8. The van der Waals surface area contributed by atoms with Crippen molar-refractivity contribution in [1.82, 2.24) is 5.32 Å². The molecule has 116 valence electrons. The smallest absolute Gasteiger partial charge is 0.255 e. The summed E-state index contributed by atoms with van der Waals surface area (Å²) in [5.74, 6) is 0.0618. The maximum atomic E-state index is 12.2. The summed E-state index contributed by atoms with van der Waals surface area (Å²) < 4.78 is 33.8. The van der Waals surface area contributed by atoms with E-state index in [9.17, 15) is 13.2 Å². The Labute approximate surface area is 123 Å². The molecule has 1 amide bonds. The van der Waals surface area contributed by atoms with Gasteiger partial charge < -0.3 is 14.8 Å². The minimum Gasteiger partial charge on any atom is -0.486 e. The highest BCUT2D eigenvalue weighted by atomic mass is 32.2. The Morgan fingerprint density at radius 2 is 2.05 bits per heavy atom. The average molecular weight is 314 g/mol. The maximum Gasteiger partial charge on any atom is 0.255 e. The fourth-order valence-corrected chi connectivity index (χ4v) is 2.49. The average Bonchev–Trinajstić information content (AvgIpc) is 2.45.